The lowest BCUT2D eigenvalue weighted by molar-refractivity contribution is -0.128. The van der Waals surface area contributed by atoms with Crippen LogP contribution in [0, 0.1) is 0 Å². The zero-order valence-electron chi connectivity index (χ0n) is 15.5. The summed E-state index contributed by atoms with van der Waals surface area (Å²) in [5, 5.41) is 7.58. The molecule has 0 saturated carbocycles. The maximum Gasteiger partial charge on any atom is 0.254 e. The number of rotatable bonds is 7. The number of nitrogens with zero attached hydrogens (tertiary/aromatic N) is 5. The van der Waals surface area contributed by atoms with Gasteiger partial charge >= 0.3 is 0 Å². The van der Waals surface area contributed by atoms with E-state index in [1.807, 2.05) is 24.0 Å². The third-order valence-corrected chi connectivity index (χ3v) is 5.02. The van der Waals surface area contributed by atoms with E-state index in [1.54, 1.807) is 4.52 Å². The Morgan fingerprint density at radius 2 is 2.11 bits per heavy atom. The molecule has 7 nitrogen and oxygen atoms in total. The predicted octanol–water partition coefficient (Wildman–Crippen LogP) is 2.33. The van der Waals surface area contributed by atoms with Gasteiger partial charge in [0.2, 0.25) is 5.91 Å². The van der Waals surface area contributed by atoms with Gasteiger partial charge in [-0.05, 0) is 31.2 Å². The van der Waals surface area contributed by atoms with Crippen LogP contribution >= 0.6 is 0 Å². The van der Waals surface area contributed by atoms with Crippen LogP contribution in [0.3, 0.4) is 0 Å². The first-order chi connectivity index (χ1) is 13.2. The summed E-state index contributed by atoms with van der Waals surface area (Å²) in [5.74, 6) is 1.49. The van der Waals surface area contributed by atoms with E-state index in [0.29, 0.717) is 5.78 Å². The van der Waals surface area contributed by atoms with Crippen molar-refractivity contribution < 1.29 is 4.79 Å². The monoisotopic (exact) mass is 364 g/mol. The third kappa shape index (κ3) is 3.77. The van der Waals surface area contributed by atoms with Gasteiger partial charge in [0.25, 0.3) is 5.78 Å². The fourth-order valence-corrected chi connectivity index (χ4v) is 3.54. The molecule has 1 fully saturated rings. The lowest BCUT2D eigenvalue weighted by atomic mass is 10.1. The zero-order valence-corrected chi connectivity index (χ0v) is 15.5. The summed E-state index contributed by atoms with van der Waals surface area (Å²) in [4.78, 5) is 23.4. The average Bonchev–Trinajstić information content (AvgIpc) is 3.30. The number of amides is 1. The van der Waals surface area contributed by atoms with Crippen molar-refractivity contribution in [3.63, 3.8) is 0 Å². The van der Waals surface area contributed by atoms with E-state index in [4.69, 9.17) is 0 Å². The Bertz CT molecular complexity index is 923. The molecule has 1 amide bonds. The van der Waals surface area contributed by atoms with Gasteiger partial charge in [-0.2, -0.15) is 14.6 Å². The van der Waals surface area contributed by atoms with E-state index in [1.165, 1.54) is 11.9 Å². The van der Waals surface area contributed by atoms with Crippen LogP contribution in [0.25, 0.3) is 5.78 Å². The normalized spacial score (nSPS) is 17.0. The van der Waals surface area contributed by atoms with Gasteiger partial charge < -0.3 is 10.2 Å². The molecule has 0 bridgehead atoms. The first kappa shape index (κ1) is 17.5. The lowest BCUT2D eigenvalue weighted by Gasteiger charge is -2.18. The van der Waals surface area contributed by atoms with E-state index in [2.05, 4.69) is 44.6 Å². The summed E-state index contributed by atoms with van der Waals surface area (Å²) in [6.45, 7) is 3.63. The first-order valence-corrected chi connectivity index (χ1v) is 9.53. The number of hydrogen-bond donors (Lipinski definition) is 1. The van der Waals surface area contributed by atoms with Crippen LogP contribution in [0.5, 0.6) is 0 Å². The highest BCUT2D eigenvalue weighted by Crippen LogP contribution is 2.19. The van der Waals surface area contributed by atoms with Gasteiger partial charge in [-0.3, -0.25) is 4.79 Å². The maximum absolute atomic E-state index is 12.8. The van der Waals surface area contributed by atoms with Gasteiger partial charge in [0.05, 0.1) is 0 Å². The molecule has 1 aliphatic rings. The van der Waals surface area contributed by atoms with Crippen molar-refractivity contribution in [2.45, 2.75) is 38.6 Å². The number of aromatic nitrogens is 4. The number of likely N-dealkylation sites (tertiary alicyclic amines) is 1. The molecule has 1 atom stereocenters. The molecule has 140 valence electrons. The summed E-state index contributed by atoms with van der Waals surface area (Å²) >= 11 is 0. The fraction of sp³-hybridized carbons (Fsp3) is 0.400. The zero-order chi connectivity index (χ0) is 18.6. The SMILES string of the molecule is CCc1cc(NC2CCN(CCCc3ccccc3)C2=O)n2ncnc2n1. The molecule has 1 aromatic carbocycles. The van der Waals surface area contributed by atoms with Crippen LogP contribution in [-0.4, -0.2) is 49.5 Å². The van der Waals surface area contributed by atoms with Crippen LogP contribution in [0.1, 0.15) is 31.0 Å². The van der Waals surface area contributed by atoms with Crippen molar-refractivity contribution in [1.29, 1.82) is 0 Å². The number of nitrogens with one attached hydrogen (secondary N) is 1. The average molecular weight is 364 g/mol. The molecule has 1 unspecified atom stereocenters. The highest BCUT2D eigenvalue weighted by Gasteiger charge is 2.31. The third-order valence-electron chi connectivity index (χ3n) is 5.02. The van der Waals surface area contributed by atoms with Crippen LogP contribution in [0.2, 0.25) is 0 Å². The van der Waals surface area contributed by atoms with Gasteiger partial charge in [0.15, 0.2) is 0 Å². The van der Waals surface area contributed by atoms with Crippen molar-refractivity contribution in [3.05, 3.63) is 54.0 Å². The molecule has 7 heteroatoms. The fourth-order valence-electron chi connectivity index (χ4n) is 3.54. The molecule has 4 rings (SSSR count). The second-order valence-corrected chi connectivity index (χ2v) is 6.86. The van der Waals surface area contributed by atoms with E-state index in [-0.39, 0.29) is 11.9 Å². The molecule has 0 radical (unpaired) electrons. The summed E-state index contributed by atoms with van der Waals surface area (Å²) < 4.78 is 1.66. The molecule has 1 saturated heterocycles. The summed E-state index contributed by atoms with van der Waals surface area (Å²) in [6.07, 6.45) is 5.06. The van der Waals surface area contributed by atoms with Gasteiger partial charge in [-0.1, -0.05) is 37.3 Å². The topological polar surface area (TPSA) is 75.4 Å². The molecule has 0 aliphatic carbocycles. The molecular weight excluding hydrogens is 340 g/mol. The van der Waals surface area contributed by atoms with E-state index in [9.17, 15) is 4.79 Å². The summed E-state index contributed by atoms with van der Waals surface area (Å²) in [6, 6.07) is 12.1. The van der Waals surface area contributed by atoms with Gasteiger partial charge in [-0.25, -0.2) is 4.98 Å². The lowest BCUT2D eigenvalue weighted by Crippen LogP contribution is -2.34. The van der Waals surface area contributed by atoms with Gasteiger partial charge in [0, 0.05) is 24.8 Å². The number of hydrogen-bond acceptors (Lipinski definition) is 5. The molecule has 27 heavy (non-hydrogen) atoms. The Morgan fingerprint density at radius 1 is 1.26 bits per heavy atom. The number of carbonyl (C=O) groups is 1. The molecule has 3 heterocycles. The van der Waals surface area contributed by atoms with Gasteiger partial charge in [-0.15, -0.1) is 0 Å². The molecule has 2 aromatic heterocycles. The van der Waals surface area contributed by atoms with Crippen LogP contribution in [0.4, 0.5) is 5.82 Å². The number of benzene rings is 1. The largest absolute Gasteiger partial charge is 0.358 e. The minimum atomic E-state index is -0.221. The quantitative estimate of drug-likeness (QED) is 0.696. The van der Waals surface area contributed by atoms with Crippen LogP contribution in [-0.2, 0) is 17.6 Å². The van der Waals surface area contributed by atoms with Crippen LogP contribution < -0.4 is 5.32 Å². The Hall–Kier alpha value is -2.96. The van der Waals surface area contributed by atoms with Crippen molar-refractivity contribution in [1.82, 2.24) is 24.5 Å². The first-order valence-electron chi connectivity index (χ1n) is 9.53. The van der Waals surface area contributed by atoms with Gasteiger partial charge in [0.1, 0.15) is 18.2 Å². The van der Waals surface area contributed by atoms with Crippen molar-refractivity contribution in [2.24, 2.45) is 0 Å². The Morgan fingerprint density at radius 3 is 2.93 bits per heavy atom. The van der Waals surface area contributed by atoms with Crippen LogP contribution in [0.15, 0.2) is 42.7 Å². The predicted molar refractivity (Wildman–Crippen MR) is 104 cm³/mol. The van der Waals surface area contributed by atoms with E-state index in [0.717, 1.165) is 50.3 Å². The number of anilines is 1. The van der Waals surface area contributed by atoms with Crippen molar-refractivity contribution >= 4 is 17.5 Å². The van der Waals surface area contributed by atoms with E-state index >= 15 is 0 Å². The molecule has 1 aliphatic heterocycles. The molecule has 0 spiro atoms. The second-order valence-electron chi connectivity index (χ2n) is 6.86. The second kappa shape index (κ2) is 7.73. The smallest absolute Gasteiger partial charge is 0.254 e. The standard InChI is InChI=1S/C20H24N6O/c1-2-16-13-18(26-20(23-16)21-14-22-26)24-17-10-12-25(19(17)27)11-6-9-15-7-4-3-5-8-15/h3-5,7-8,13-14,17,24H,2,6,9-12H2,1H3. The Balaban J connectivity index is 1.38. The summed E-state index contributed by atoms with van der Waals surface area (Å²) in [5.41, 5.74) is 2.25. The summed E-state index contributed by atoms with van der Waals surface area (Å²) in [7, 11) is 0. The number of fused-ring (bicyclic) bond motifs is 1. The maximum atomic E-state index is 12.8. The minimum Gasteiger partial charge on any atom is -0.358 e. The highest BCUT2D eigenvalue weighted by atomic mass is 16.2. The Kier molecular flexibility index (Phi) is 5.00. The van der Waals surface area contributed by atoms with Crippen molar-refractivity contribution in [3.8, 4) is 0 Å². The molecular formula is C20H24N6O. The number of aryl methyl sites for hydroxylation is 2. The van der Waals surface area contributed by atoms with Crippen molar-refractivity contribution in [2.75, 3.05) is 18.4 Å². The Labute approximate surface area is 158 Å². The van der Waals surface area contributed by atoms with E-state index < -0.39 is 0 Å². The molecule has 3 aromatic rings. The molecule has 1 N–H and O–H groups in total. The highest BCUT2D eigenvalue weighted by molar-refractivity contribution is 5.86. The minimum absolute atomic E-state index is 0.159. The number of carbonyl (C=O) groups excluding carboxylic acids is 1.